The molecule has 0 saturated heterocycles. The summed E-state index contributed by atoms with van der Waals surface area (Å²) in [7, 11) is 0.0643. The summed E-state index contributed by atoms with van der Waals surface area (Å²) in [5.74, 6) is 0.895. The molecule has 0 aliphatic heterocycles. The Morgan fingerprint density at radius 3 is 2.00 bits per heavy atom. The summed E-state index contributed by atoms with van der Waals surface area (Å²) < 4.78 is 5.18. The van der Waals surface area contributed by atoms with Crippen LogP contribution >= 0.6 is 8.38 Å². The summed E-state index contributed by atoms with van der Waals surface area (Å²) in [4.78, 5) is 15.4. The van der Waals surface area contributed by atoms with Crippen LogP contribution in [0.3, 0.4) is 0 Å². The van der Waals surface area contributed by atoms with Crippen LogP contribution in [0.4, 0.5) is 0 Å². The monoisotopic (exact) mass is 264 g/mol. The van der Waals surface area contributed by atoms with E-state index in [1.807, 2.05) is 36.4 Å². The molecule has 96 valence electrons. The van der Waals surface area contributed by atoms with Crippen molar-refractivity contribution in [1.29, 1.82) is 0 Å². The highest BCUT2D eigenvalue weighted by Gasteiger charge is 1.97. The van der Waals surface area contributed by atoms with Crippen LogP contribution < -0.4 is 4.74 Å². The Balaban J connectivity index is 0.000000357. The first-order valence-electron chi connectivity index (χ1n) is 5.44. The van der Waals surface area contributed by atoms with E-state index < -0.39 is 8.38 Å². The van der Waals surface area contributed by atoms with E-state index in [0.29, 0.717) is 0 Å². The molecule has 0 heterocycles. The van der Waals surface area contributed by atoms with Gasteiger partial charge >= 0.3 is 0 Å². The highest BCUT2D eigenvalue weighted by atomic mass is 31.2. The van der Waals surface area contributed by atoms with Crippen molar-refractivity contribution in [3.05, 3.63) is 54.6 Å². The summed E-state index contributed by atoms with van der Waals surface area (Å²) in [6, 6.07) is 18.3. The quantitative estimate of drug-likeness (QED) is 0.818. The van der Waals surface area contributed by atoms with Crippen LogP contribution in [-0.2, 0) is 0 Å². The molecule has 3 nitrogen and oxygen atoms in total. The van der Waals surface area contributed by atoms with Crippen molar-refractivity contribution < 1.29 is 14.5 Å². The van der Waals surface area contributed by atoms with Crippen molar-refractivity contribution in [3.63, 3.8) is 0 Å². The molecule has 2 rings (SSSR count). The van der Waals surface area contributed by atoms with Crippen LogP contribution in [0.25, 0.3) is 11.1 Å². The predicted molar refractivity (Wildman–Crippen MR) is 75.7 cm³/mol. The SMILES string of the molecule is COc1cccc(-c2ccccc2)c1.CP(O)O. The van der Waals surface area contributed by atoms with E-state index in [4.69, 9.17) is 14.5 Å². The van der Waals surface area contributed by atoms with E-state index in [1.165, 1.54) is 17.8 Å². The van der Waals surface area contributed by atoms with Crippen molar-refractivity contribution in [1.82, 2.24) is 0 Å². The zero-order chi connectivity index (χ0) is 13.4. The second-order valence-electron chi connectivity index (χ2n) is 3.59. The number of ether oxygens (including phenoxy) is 1. The van der Waals surface area contributed by atoms with Crippen LogP contribution in [0.15, 0.2) is 54.6 Å². The Morgan fingerprint density at radius 2 is 1.44 bits per heavy atom. The Hall–Kier alpha value is -1.41. The molecule has 0 bridgehead atoms. The third kappa shape index (κ3) is 5.28. The summed E-state index contributed by atoms with van der Waals surface area (Å²) >= 11 is 0. The maximum absolute atomic E-state index is 7.68. The average molecular weight is 264 g/mol. The minimum absolute atomic E-state index is 0.895. The van der Waals surface area contributed by atoms with Gasteiger partial charge in [0, 0.05) is 6.66 Å². The molecule has 2 aromatic rings. The van der Waals surface area contributed by atoms with Gasteiger partial charge in [0.25, 0.3) is 0 Å². The Kier molecular flexibility index (Phi) is 6.37. The van der Waals surface area contributed by atoms with Crippen LogP contribution in [0.5, 0.6) is 5.75 Å². The lowest BCUT2D eigenvalue weighted by Gasteiger charge is -2.03. The minimum atomic E-state index is -1.62. The Morgan fingerprint density at radius 1 is 0.889 bits per heavy atom. The summed E-state index contributed by atoms with van der Waals surface area (Å²) in [6.07, 6.45) is 0. The molecular weight excluding hydrogens is 247 g/mol. The van der Waals surface area contributed by atoms with Gasteiger partial charge in [-0.3, -0.25) is 0 Å². The van der Waals surface area contributed by atoms with Crippen LogP contribution in [0.1, 0.15) is 0 Å². The lowest BCUT2D eigenvalue weighted by atomic mass is 10.1. The van der Waals surface area contributed by atoms with E-state index in [2.05, 4.69) is 18.2 Å². The molecule has 2 N–H and O–H groups in total. The number of rotatable bonds is 2. The van der Waals surface area contributed by atoms with Crippen molar-refractivity contribution in [2.45, 2.75) is 0 Å². The molecule has 0 aliphatic rings. The summed E-state index contributed by atoms with van der Waals surface area (Å²) in [5, 5.41) is 0. The number of hydrogen-bond acceptors (Lipinski definition) is 3. The van der Waals surface area contributed by atoms with E-state index in [-0.39, 0.29) is 0 Å². The van der Waals surface area contributed by atoms with Crippen LogP contribution in [0, 0.1) is 0 Å². The standard InChI is InChI=1S/C13H12O.CH5O2P/c1-14-13-9-5-8-12(10-13)11-6-3-2-4-7-11;1-4(2)3/h2-10H,1H3;2-3H,1H3. The smallest absolute Gasteiger partial charge is 0.161 e. The lowest BCUT2D eigenvalue weighted by Crippen LogP contribution is -1.83. The molecule has 18 heavy (non-hydrogen) atoms. The molecule has 0 aromatic heterocycles. The Bertz CT molecular complexity index is 455. The molecule has 0 unspecified atom stereocenters. The Labute approximate surface area is 109 Å². The average Bonchev–Trinajstić information content (AvgIpc) is 2.39. The van der Waals surface area contributed by atoms with Gasteiger partial charge in [0.15, 0.2) is 8.38 Å². The first-order chi connectivity index (χ1) is 8.63. The maximum atomic E-state index is 7.68. The minimum Gasteiger partial charge on any atom is -0.497 e. The van der Waals surface area contributed by atoms with E-state index in [1.54, 1.807) is 7.11 Å². The van der Waals surface area contributed by atoms with Crippen molar-refractivity contribution in [2.75, 3.05) is 13.8 Å². The molecule has 4 heteroatoms. The van der Waals surface area contributed by atoms with Gasteiger partial charge in [-0.2, -0.15) is 0 Å². The third-order valence-electron chi connectivity index (χ3n) is 2.18. The fourth-order valence-corrected chi connectivity index (χ4v) is 1.43. The highest BCUT2D eigenvalue weighted by Crippen LogP contribution is 2.22. The van der Waals surface area contributed by atoms with Gasteiger partial charge in [-0.25, -0.2) is 0 Å². The number of methoxy groups -OCH3 is 1. The van der Waals surface area contributed by atoms with Gasteiger partial charge in [-0.05, 0) is 23.3 Å². The van der Waals surface area contributed by atoms with E-state index >= 15 is 0 Å². The third-order valence-corrected chi connectivity index (χ3v) is 2.18. The fourth-order valence-electron chi connectivity index (χ4n) is 1.43. The molecule has 0 aliphatic carbocycles. The van der Waals surface area contributed by atoms with Gasteiger partial charge in [0.1, 0.15) is 5.75 Å². The second kappa shape index (κ2) is 7.83. The molecular formula is C14H17O3P. The van der Waals surface area contributed by atoms with Crippen molar-refractivity contribution >= 4 is 8.38 Å². The van der Waals surface area contributed by atoms with Crippen molar-refractivity contribution in [3.8, 4) is 16.9 Å². The zero-order valence-corrected chi connectivity index (χ0v) is 11.3. The summed E-state index contributed by atoms with van der Waals surface area (Å²) in [5.41, 5.74) is 2.40. The molecule has 0 saturated carbocycles. The normalized spacial score (nSPS) is 9.61. The molecule has 0 amide bonds. The largest absolute Gasteiger partial charge is 0.497 e. The highest BCUT2D eigenvalue weighted by molar-refractivity contribution is 7.44. The zero-order valence-electron chi connectivity index (χ0n) is 10.4. The first kappa shape index (κ1) is 14.7. The maximum Gasteiger partial charge on any atom is 0.161 e. The predicted octanol–water partition coefficient (Wildman–Crippen LogP) is 3.27. The number of benzene rings is 2. The van der Waals surface area contributed by atoms with Crippen LogP contribution in [-0.4, -0.2) is 23.6 Å². The van der Waals surface area contributed by atoms with Gasteiger partial charge in [0.05, 0.1) is 7.11 Å². The van der Waals surface area contributed by atoms with Crippen molar-refractivity contribution in [2.24, 2.45) is 0 Å². The van der Waals surface area contributed by atoms with E-state index in [9.17, 15) is 0 Å². The molecule has 0 radical (unpaired) electrons. The topological polar surface area (TPSA) is 49.7 Å². The lowest BCUT2D eigenvalue weighted by molar-refractivity contribution is 0.415. The molecule has 0 atom stereocenters. The summed E-state index contributed by atoms with van der Waals surface area (Å²) in [6.45, 7) is 1.34. The van der Waals surface area contributed by atoms with Gasteiger partial charge < -0.3 is 14.5 Å². The first-order valence-corrected chi connectivity index (χ1v) is 7.14. The number of hydrogen-bond donors (Lipinski definition) is 2. The van der Waals surface area contributed by atoms with Gasteiger partial charge in [-0.15, -0.1) is 0 Å². The van der Waals surface area contributed by atoms with Gasteiger partial charge in [0.2, 0.25) is 0 Å². The fraction of sp³-hybridized carbons (Fsp3) is 0.143. The van der Waals surface area contributed by atoms with Gasteiger partial charge in [-0.1, -0.05) is 42.5 Å². The molecule has 0 spiro atoms. The van der Waals surface area contributed by atoms with E-state index in [0.717, 1.165) is 5.75 Å². The second-order valence-corrected chi connectivity index (χ2v) is 4.57. The molecule has 2 aromatic carbocycles. The van der Waals surface area contributed by atoms with Crippen LogP contribution in [0.2, 0.25) is 0 Å². The molecule has 0 fully saturated rings.